The molecule has 0 N–H and O–H groups in total. The van der Waals surface area contributed by atoms with E-state index >= 15 is 0 Å². The fourth-order valence-corrected chi connectivity index (χ4v) is 3.70. The van der Waals surface area contributed by atoms with Crippen LogP contribution in [0.2, 0.25) is 0 Å². The molecule has 0 saturated carbocycles. The molecule has 170 valence electrons. The predicted octanol–water partition coefficient (Wildman–Crippen LogP) is 6.53. The highest BCUT2D eigenvalue weighted by molar-refractivity contribution is 5.86. The second kappa shape index (κ2) is 10.6. The molecule has 0 fully saturated rings. The summed E-state index contributed by atoms with van der Waals surface area (Å²) >= 11 is 0. The molecule has 0 bridgehead atoms. The van der Waals surface area contributed by atoms with Crippen LogP contribution in [-0.4, -0.2) is 19.7 Å². The summed E-state index contributed by atoms with van der Waals surface area (Å²) < 4.78 is 41.5. The van der Waals surface area contributed by atoms with Crippen molar-refractivity contribution < 1.29 is 27.8 Å². The second-order valence-electron chi connectivity index (χ2n) is 7.58. The Kier molecular flexibility index (Phi) is 7.62. The summed E-state index contributed by atoms with van der Waals surface area (Å²) in [5.74, 6) is -0.584. The molecule has 0 aliphatic rings. The van der Waals surface area contributed by atoms with Crippen LogP contribution in [0.25, 0.3) is 11.1 Å². The summed E-state index contributed by atoms with van der Waals surface area (Å²) in [4.78, 5) is 12.6. The van der Waals surface area contributed by atoms with Gasteiger partial charge in [0.2, 0.25) is 0 Å². The molecule has 33 heavy (non-hydrogen) atoms. The maximum atomic E-state index is 13.0. The van der Waals surface area contributed by atoms with Gasteiger partial charge < -0.3 is 14.2 Å². The maximum Gasteiger partial charge on any atom is 0.387 e. The highest BCUT2D eigenvalue weighted by atomic mass is 19.3. The average Bonchev–Trinajstić information content (AvgIpc) is 2.79. The van der Waals surface area contributed by atoms with E-state index in [-0.39, 0.29) is 17.2 Å². The van der Waals surface area contributed by atoms with Crippen molar-refractivity contribution in [1.29, 1.82) is 5.26 Å². The topological polar surface area (TPSA) is 68.5 Å². The molecule has 1 unspecified atom stereocenters. The number of esters is 1. The van der Waals surface area contributed by atoms with E-state index in [0.717, 1.165) is 0 Å². The van der Waals surface area contributed by atoms with Gasteiger partial charge in [-0.25, -0.2) is 0 Å². The predicted molar refractivity (Wildman–Crippen MR) is 119 cm³/mol. The minimum atomic E-state index is -3.11. The van der Waals surface area contributed by atoms with Crippen LogP contribution in [0.1, 0.15) is 30.9 Å². The lowest BCUT2D eigenvalue weighted by atomic mass is 9.81. The first-order chi connectivity index (χ1) is 15.8. The zero-order chi connectivity index (χ0) is 24.0. The summed E-state index contributed by atoms with van der Waals surface area (Å²) in [6, 6.07) is 20.8. The molecule has 0 aromatic heterocycles. The lowest BCUT2D eigenvalue weighted by Gasteiger charge is -2.24. The number of nitriles is 1. The Balaban J connectivity index is 2.22. The number of hydrogen-bond acceptors (Lipinski definition) is 5. The SMILES string of the molecule is COC(=O)C(c1ccc(OC(F)F)c(C#N)c1-c1cccc(Oc2ccccc2)c1)C(C)C. The van der Waals surface area contributed by atoms with E-state index in [4.69, 9.17) is 9.47 Å². The molecule has 0 heterocycles. The minimum absolute atomic E-state index is 0.0979. The first-order valence-corrected chi connectivity index (χ1v) is 10.3. The van der Waals surface area contributed by atoms with Crippen molar-refractivity contribution in [2.45, 2.75) is 26.4 Å². The largest absolute Gasteiger partial charge is 0.469 e. The maximum absolute atomic E-state index is 13.0. The molecule has 0 saturated heterocycles. The van der Waals surface area contributed by atoms with Crippen LogP contribution in [0.3, 0.4) is 0 Å². The lowest BCUT2D eigenvalue weighted by Crippen LogP contribution is -2.21. The Hall–Kier alpha value is -3.92. The van der Waals surface area contributed by atoms with Gasteiger partial charge in [0, 0.05) is 5.56 Å². The molecule has 1 atom stereocenters. The highest BCUT2D eigenvalue weighted by Crippen LogP contribution is 2.41. The number of carbonyl (C=O) groups excluding carboxylic acids is 1. The third-order valence-electron chi connectivity index (χ3n) is 5.09. The summed E-state index contributed by atoms with van der Waals surface area (Å²) in [5.41, 5.74) is 1.22. The van der Waals surface area contributed by atoms with Crippen molar-refractivity contribution in [3.63, 3.8) is 0 Å². The monoisotopic (exact) mass is 451 g/mol. The molecule has 0 radical (unpaired) electrons. The quantitative estimate of drug-likeness (QED) is 0.364. The highest BCUT2D eigenvalue weighted by Gasteiger charge is 2.30. The van der Waals surface area contributed by atoms with E-state index in [1.165, 1.54) is 19.2 Å². The van der Waals surface area contributed by atoms with Crippen LogP contribution in [0.5, 0.6) is 17.2 Å². The van der Waals surface area contributed by atoms with E-state index in [2.05, 4.69) is 4.74 Å². The molecule has 3 aromatic carbocycles. The van der Waals surface area contributed by atoms with Gasteiger partial charge in [0.25, 0.3) is 0 Å². The Morgan fingerprint density at radius 2 is 1.67 bits per heavy atom. The first kappa shape index (κ1) is 23.7. The van der Waals surface area contributed by atoms with E-state index < -0.39 is 18.5 Å². The molecule has 3 rings (SSSR count). The van der Waals surface area contributed by atoms with Crippen molar-refractivity contribution in [2.75, 3.05) is 7.11 Å². The van der Waals surface area contributed by atoms with Crippen LogP contribution in [0.15, 0.2) is 66.7 Å². The van der Waals surface area contributed by atoms with Crippen LogP contribution < -0.4 is 9.47 Å². The van der Waals surface area contributed by atoms with Gasteiger partial charge in [-0.05, 0) is 47.4 Å². The number of benzene rings is 3. The van der Waals surface area contributed by atoms with Gasteiger partial charge in [0.15, 0.2) is 0 Å². The first-order valence-electron chi connectivity index (χ1n) is 10.3. The van der Waals surface area contributed by atoms with Gasteiger partial charge in [-0.3, -0.25) is 4.79 Å². The molecule has 0 aliphatic heterocycles. The van der Waals surface area contributed by atoms with E-state index in [0.29, 0.717) is 28.2 Å². The number of hydrogen-bond donors (Lipinski definition) is 0. The molecule has 0 aliphatic carbocycles. The molecule has 0 amide bonds. The molecular weight excluding hydrogens is 428 g/mol. The van der Waals surface area contributed by atoms with Crippen molar-refractivity contribution in [2.24, 2.45) is 5.92 Å². The Bertz CT molecular complexity index is 1160. The Labute approximate surface area is 191 Å². The minimum Gasteiger partial charge on any atom is -0.469 e. The van der Waals surface area contributed by atoms with Gasteiger partial charge in [-0.1, -0.05) is 50.2 Å². The van der Waals surface area contributed by atoms with Crippen LogP contribution in [-0.2, 0) is 9.53 Å². The molecule has 3 aromatic rings. The number of methoxy groups -OCH3 is 1. The van der Waals surface area contributed by atoms with Crippen molar-refractivity contribution in [3.8, 4) is 34.4 Å². The smallest absolute Gasteiger partial charge is 0.387 e. The van der Waals surface area contributed by atoms with E-state index in [1.807, 2.05) is 38.1 Å². The number of rotatable bonds is 8. The fraction of sp³-hybridized carbons (Fsp3) is 0.231. The number of carbonyl (C=O) groups is 1. The number of nitrogens with zero attached hydrogens (tertiary/aromatic N) is 1. The summed E-state index contributed by atoms with van der Waals surface area (Å²) in [6.45, 7) is 0.580. The number of para-hydroxylation sites is 1. The van der Waals surface area contributed by atoms with E-state index in [1.54, 1.807) is 36.4 Å². The zero-order valence-corrected chi connectivity index (χ0v) is 18.4. The average molecular weight is 451 g/mol. The lowest BCUT2D eigenvalue weighted by molar-refractivity contribution is -0.143. The van der Waals surface area contributed by atoms with Crippen LogP contribution in [0, 0.1) is 17.2 Å². The second-order valence-corrected chi connectivity index (χ2v) is 7.58. The summed E-state index contributed by atoms with van der Waals surface area (Å²) in [6.07, 6.45) is 0. The van der Waals surface area contributed by atoms with Gasteiger partial charge in [0.05, 0.1) is 13.0 Å². The third-order valence-corrected chi connectivity index (χ3v) is 5.09. The van der Waals surface area contributed by atoms with E-state index in [9.17, 15) is 18.8 Å². The van der Waals surface area contributed by atoms with Gasteiger partial charge >= 0.3 is 12.6 Å². The summed E-state index contributed by atoms with van der Waals surface area (Å²) in [7, 11) is 1.28. The number of ether oxygens (including phenoxy) is 3. The molecular formula is C26H23F2NO4. The van der Waals surface area contributed by atoms with Gasteiger partial charge in [0.1, 0.15) is 28.9 Å². The Morgan fingerprint density at radius 3 is 2.27 bits per heavy atom. The summed E-state index contributed by atoms with van der Waals surface area (Å²) in [5, 5.41) is 9.90. The number of halogens is 2. The third kappa shape index (κ3) is 5.47. The van der Waals surface area contributed by atoms with Crippen molar-refractivity contribution >= 4 is 5.97 Å². The molecule has 5 nitrogen and oxygen atoms in total. The zero-order valence-electron chi connectivity index (χ0n) is 18.4. The van der Waals surface area contributed by atoms with Crippen molar-refractivity contribution in [1.82, 2.24) is 0 Å². The van der Waals surface area contributed by atoms with Gasteiger partial charge in [-0.15, -0.1) is 0 Å². The normalized spacial score (nSPS) is 11.7. The fourth-order valence-electron chi connectivity index (χ4n) is 3.70. The number of alkyl halides is 2. The standard InChI is InChI=1S/C26H23F2NO4/c1-16(2)23(25(30)31-3)20-12-13-22(33-26(27)28)21(15-29)24(20)17-8-7-11-19(14-17)32-18-9-5-4-6-10-18/h4-14,16,23,26H,1-3H3. The van der Waals surface area contributed by atoms with Crippen LogP contribution >= 0.6 is 0 Å². The molecule has 0 spiro atoms. The Morgan fingerprint density at radius 1 is 0.970 bits per heavy atom. The van der Waals surface area contributed by atoms with Crippen molar-refractivity contribution in [3.05, 3.63) is 77.9 Å². The molecule has 7 heteroatoms. The van der Waals surface area contributed by atoms with Crippen LogP contribution in [0.4, 0.5) is 8.78 Å². The van der Waals surface area contributed by atoms with Gasteiger partial charge in [-0.2, -0.15) is 14.0 Å².